The number of hydrogen-bond donors (Lipinski definition) is 1. The smallest absolute Gasteiger partial charge is 0.178 e. The van der Waals surface area contributed by atoms with Crippen LogP contribution in [0.5, 0.6) is 0 Å². The quantitative estimate of drug-likeness (QED) is 0.864. The van der Waals surface area contributed by atoms with Crippen LogP contribution in [0.1, 0.15) is 24.2 Å². The maximum Gasteiger partial charge on any atom is 0.178 e. The van der Waals surface area contributed by atoms with Gasteiger partial charge in [0.25, 0.3) is 0 Å². The van der Waals surface area contributed by atoms with Crippen LogP contribution in [0.4, 0.5) is 0 Å². The highest BCUT2D eigenvalue weighted by Gasteiger charge is 2.33. The van der Waals surface area contributed by atoms with Crippen LogP contribution in [0.2, 0.25) is 5.02 Å². The number of hydrogen-bond acceptors (Lipinski definition) is 4. The monoisotopic (exact) mass is 297 g/mol. The van der Waals surface area contributed by atoms with Crippen LogP contribution in [0.25, 0.3) is 0 Å². The maximum absolute atomic E-state index is 12.3. The number of benzene rings is 1. The molecule has 1 unspecified atom stereocenters. The number of ether oxygens (including phenoxy) is 1. The third kappa shape index (κ3) is 3.79. The molecule has 0 bridgehead atoms. The molecular formula is C15H20ClNO3. The minimum Gasteiger partial charge on any atom is -0.394 e. The van der Waals surface area contributed by atoms with Crippen LogP contribution in [0, 0.1) is 0 Å². The minimum absolute atomic E-state index is 0.00927. The minimum atomic E-state index is -0.369. The Morgan fingerprint density at radius 3 is 2.85 bits per heavy atom. The molecule has 20 heavy (non-hydrogen) atoms. The molecule has 4 nitrogen and oxygen atoms in total. The van der Waals surface area contributed by atoms with Gasteiger partial charge in [0.1, 0.15) is 0 Å². The molecule has 0 amide bonds. The first-order valence-electron chi connectivity index (χ1n) is 6.70. The van der Waals surface area contributed by atoms with E-state index < -0.39 is 0 Å². The van der Waals surface area contributed by atoms with E-state index in [0.29, 0.717) is 23.7 Å². The average molecular weight is 298 g/mol. The van der Waals surface area contributed by atoms with Crippen molar-refractivity contribution in [3.8, 4) is 0 Å². The number of nitrogens with zero attached hydrogens (tertiary/aromatic N) is 1. The molecule has 0 radical (unpaired) electrons. The summed E-state index contributed by atoms with van der Waals surface area (Å²) in [7, 11) is 0. The molecule has 110 valence electrons. The standard InChI is InChI=1S/C15H20ClNO3/c1-15(2)10-17(7-11(9-18)20-15)8-14(19)12-5-3-4-6-13(12)16/h3-6,11,18H,7-10H2,1-2H3. The molecule has 1 aliphatic heterocycles. The lowest BCUT2D eigenvalue weighted by Crippen LogP contribution is -2.54. The van der Waals surface area contributed by atoms with Gasteiger partial charge in [0.15, 0.2) is 5.78 Å². The van der Waals surface area contributed by atoms with Crippen molar-refractivity contribution in [3.63, 3.8) is 0 Å². The predicted octanol–water partition coefficient (Wildman–Crippen LogP) is 1.99. The molecule has 0 saturated carbocycles. The molecule has 1 atom stereocenters. The lowest BCUT2D eigenvalue weighted by atomic mass is 10.0. The Morgan fingerprint density at radius 1 is 1.50 bits per heavy atom. The summed E-state index contributed by atoms with van der Waals surface area (Å²) >= 11 is 6.04. The summed E-state index contributed by atoms with van der Waals surface area (Å²) in [5.41, 5.74) is 0.172. The number of morpholine rings is 1. The molecule has 1 saturated heterocycles. The highest BCUT2D eigenvalue weighted by atomic mass is 35.5. The largest absolute Gasteiger partial charge is 0.394 e. The molecule has 2 rings (SSSR count). The molecule has 1 N–H and O–H groups in total. The third-order valence-corrected chi connectivity index (χ3v) is 3.63. The maximum atomic E-state index is 12.3. The first kappa shape index (κ1) is 15.4. The van der Waals surface area contributed by atoms with E-state index >= 15 is 0 Å². The van der Waals surface area contributed by atoms with Crippen molar-refractivity contribution < 1.29 is 14.6 Å². The summed E-state index contributed by atoms with van der Waals surface area (Å²) in [6.45, 7) is 5.37. The Bertz CT molecular complexity index is 490. The third-order valence-electron chi connectivity index (χ3n) is 3.30. The van der Waals surface area contributed by atoms with Gasteiger partial charge in [-0.05, 0) is 26.0 Å². The average Bonchev–Trinajstić information content (AvgIpc) is 2.37. The van der Waals surface area contributed by atoms with Gasteiger partial charge in [-0.2, -0.15) is 0 Å². The zero-order valence-electron chi connectivity index (χ0n) is 11.8. The fourth-order valence-electron chi connectivity index (χ4n) is 2.61. The zero-order chi connectivity index (χ0) is 14.8. The summed E-state index contributed by atoms with van der Waals surface area (Å²) in [5, 5.41) is 9.75. The zero-order valence-corrected chi connectivity index (χ0v) is 12.6. The molecule has 0 aliphatic carbocycles. The molecule has 1 aromatic carbocycles. The highest BCUT2D eigenvalue weighted by Crippen LogP contribution is 2.22. The number of ketones is 1. The van der Waals surface area contributed by atoms with Crippen LogP contribution < -0.4 is 0 Å². The Balaban J connectivity index is 2.06. The lowest BCUT2D eigenvalue weighted by Gasteiger charge is -2.42. The van der Waals surface area contributed by atoms with Gasteiger partial charge in [-0.3, -0.25) is 9.69 Å². The fraction of sp³-hybridized carbons (Fsp3) is 0.533. The lowest BCUT2D eigenvalue weighted by molar-refractivity contribution is -0.146. The van der Waals surface area contributed by atoms with Crippen molar-refractivity contribution >= 4 is 17.4 Å². The molecule has 5 heteroatoms. The Hall–Kier alpha value is -0.940. The van der Waals surface area contributed by atoms with Crippen LogP contribution in [0.3, 0.4) is 0 Å². The van der Waals surface area contributed by atoms with E-state index in [1.54, 1.807) is 24.3 Å². The first-order chi connectivity index (χ1) is 9.41. The highest BCUT2D eigenvalue weighted by molar-refractivity contribution is 6.34. The van der Waals surface area contributed by atoms with Crippen molar-refractivity contribution in [1.29, 1.82) is 0 Å². The second-order valence-electron chi connectivity index (χ2n) is 5.75. The summed E-state index contributed by atoms with van der Waals surface area (Å²) in [6.07, 6.45) is -0.252. The van der Waals surface area contributed by atoms with Crippen LogP contribution in [0.15, 0.2) is 24.3 Å². The van der Waals surface area contributed by atoms with E-state index in [1.807, 2.05) is 18.7 Å². The van der Waals surface area contributed by atoms with E-state index in [4.69, 9.17) is 16.3 Å². The molecule has 1 aromatic rings. The van der Waals surface area contributed by atoms with Gasteiger partial charge in [0.05, 0.1) is 29.9 Å². The summed E-state index contributed by atoms with van der Waals surface area (Å²) < 4.78 is 5.74. The van der Waals surface area contributed by atoms with Gasteiger partial charge < -0.3 is 9.84 Å². The number of carbonyl (C=O) groups is 1. The number of rotatable bonds is 4. The van der Waals surface area contributed by atoms with Gasteiger partial charge in [-0.15, -0.1) is 0 Å². The molecular weight excluding hydrogens is 278 g/mol. The van der Waals surface area contributed by atoms with Crippen molar-refractivity contribution in [2.24, 2.45) is 0 Å². The van der Waals surface area contributed by atoms with Gasteiger partial charge in [-0.25, -0.2) is 0 Å². The molecule has 1 aliphatic rings. The SMILES string of the molecule is CC1(C)CN(CC(=O)c2ccccc2Cl)CC(CO)O1. The number of aliphatic hydroxyl groups excluding tert-OH is 1. The molecule has 0 aromatic heterocycles. The first-order valence-corrected chi connectivity index (χ1v) is 7.08. The van der Waals surface area contributed by atoms with Crippen LogP contribution >= 0.6 is 11.6 Å². The molecule has 1 heterocycles. The van der Waals surface area contributed by atoms with Crippen LogP contribution in [-0.4, -0.2) is 53.7 Å². The van der Waals surface area contributed by atoms with Crippen molar-refractivity contribution in [1.82, 2.24) is 4.90 Å². The fourth-order valence-corrected chi connectivity index (χ4v) is 2.85. The van der Waals surface area contributed by atoms with Gasteiger partial charge in [-0.1, -0.05) is 23.7 Å². The van der Waals surface area contributed by atoms with E-state index in [1.165, 1.54) is 0 Å². The topological polar surface area (TPSA) is 49.8 Å². The van der Waals surface area contributed by atoms with E-state index in [-0.39, 0.29) is 30.6 Å². The Kier molecular flexibility index (Phi) is 4.81. The summed E-state index contributed by atoms with van der Waals surface area (Å²) in [6, 6.07) is 7.06. The normalized spacial score (nSPS) is 22.7. The number of Topliss-reactive ketones (excluding diaryl/α,β-unsaturated/α-hetero) is 1. The molecule has 1 fully saturated rings. The van der Waals surface area contributed by atoms with Gasteiger partial charge >= 0.3 is 0 Å². The predicted molar refractivity (Wildman–Crippen MR) is 78.3 cm³/mol. The number of halogens is 1. The Labute approximate surface area is 124 Å². The van der Waals surface area contributed by atoms with E-state index in [0.717, 1.165) is 0 Å². The Morgan fingerprint density at radius 2 is 2.20 bits per heavy atom. The second-order valence-corrected chi connectivity index (χ2v) is 6.16. The van der Waals surface area contributed by atoms with Crippen molar-refractivity contribution in [2.75, 3.05) is 26.2 Å². The van der Waals surface area contributed by atoms with Gasteiger partial charge in [0.2, 0.25) is 0 Å². The summed E-state index contributed by atoms with van der Waals surface area (Å²) in [5.74, 6) is -0.00927. The van der Waals surface area contributed by atoms with E-state index in [2.05, 4.69) is 0 Å². The van der Waals surface area contributed by atoms with Crippen LogP contribution in [-0.2, 0) is 4.74 Å². The number of carbonyl (C=O) groups excluding carboxylic acids is 1. The molecule has 0 spiro atoms. The van der Waals surface area contributed by atoms with Gasteiger partial charge in [0, 0.05) is 18.7 Å². The van der Waals surface area contributed by atoms with Crippen molar-refractivity contribution in [2.45, 2.75) is 25.6 Å². The second kappa shape index (κ2) is 6.22. The van der Waals surface area contributed by atoms with E-state index in [9.17, 15) is 9.90 Å². The summed E-state index contributed by atoms with van der Waals surface area (Å²) in [4.78, 5) is 14.3. The number of aliphatic hydroxyl groups is 1. The van der Waals surface area contributed by atoms with Crippen molar-refractivity contribution in [3.05, 3.63) is 34.9 Å².